The summed E-state index contributed by atoms with van der Waals surface area (Å²) in [6, 6.07) is 10.4. The lowest BCUT2D eigenvalue weighted by Gasteiger charge is -2.27. The smallest absolute Gasteiger partial charge is 0.0841 e. The minimum atomic E-state index is 0.318. The van der Waals surface area contributed by atoms with E-state index in [4.69, 9.17) is 9.47 Å². The second-order valence-electron chi connectivity index (χ2n) is 4.89. The molecular weight excluding hydrogens is 200 g/mol. The SMILES string of the molecule is c1ccc(COC2CCC3COC2C3)cc1. The molecule has 1 aliphatic heterocycles. The first-order valence-corrected chi connectivity index (χ1v) is 6.19. The summed E-state index contributed by atoms with van der Waals surface area (Å²) < 4.78 is 11.7. The van der Waals surface area contributed by atoms with Gasteiger partial charge in [-0.25, -0.2) is 0 Å². The molecule has 3 rings (SSSR count). The quantitative estimate of drug-likeness (QED) is 0.776. The van der Waals surface area contributed by atoms with Crippen molar-refractivity contribution in [3.8, 4) is 0 Å². The molecule has 86 valence electrons. The molecule has 0 N–H and O–H groups in total. The van der Waals surface area contributed by atoms with Gasteiger partial charge in [0.2, 0.25) is 0 Å². The Labute approximate surface area is 96.6 Å². The topological polar surface area (TPSA) is 18.5 Å². The summed E-state index contributed by atoms with van der Waals surface area (Å²) >= 11 is 0. The average Bonchev–Trinajstić information content (AvgIpc) is 2.72. The van der Waals surface area contributed by atoms with Crippen molar-refractivity contribution >= 4 is 0 Å². The molecule has 0 spiro atoms. The molecule has 0 amide bonds. The van der Waals surface area contributed by atoms with E-state index in [-0.39, 0.29) is 0 Å². The Bertz CT molecular complexity index is 336. The Morgan fingerprint density at radius 2 is 2.06 bits per heavy atom. The summed E-state index contributed by atoms with van der Waals surface area (Å²) in [4.78, 5) is 0. The van der Waals surface area contributed by atoms with E-state index in [0.717, 1.165) is 19.1 Å². The number of benzene rings is 1. The molecule has 2 bridgehead atoms. The van der Waals surface area contributed by atoms with Crippen LogP contribution in [0.1, 0.15) is 24.8 Å². The van der Waals surface area contributed by atoms with Gasteiger partial charge in [0.25, 0.3) is 0 Å². The first-order valence-electron chi connectivity index (χ1n) is 6.19. The molecule has 0 radical (unpaired) electrons. The van der Waals surface area contributed by atoms with Crippen molar-refractivity contribution in [1.29, 1.82) is 0 Å². The van der Waals surface area contributed by atoms with Gasteiger partial charge in [0.15, 0.2) is 0 Å². The van der Waals surface area contributed by atoms with Gasteiger partial charge in [-0.3, -0.25) is 0 Å². The summed E-state index contributed by atoms with van der Waals surface area (Å²) in [6.07, 6.45) is 4.33. The first-order chi connectivity index (χ1) is 7.92. The van der Waals surface area contributed by atoms with Gasteiger partial charge in [-0.1, -0.05) is 30.3 Å². The molecule has 1 aromatic rings. The maximum Gasteiger partial charge on any atom is 0.0841 e. The number of ether oxygens (including phenoxy) is 2. The monoisotopic (exact) mass is 218 g/mol. The summed E-state index contributed by atoms with van der Waals surface area (Å²) in [5, 5.41) is 0. The van der Waals surface area contributed by atoms with Crippen LogP contribution >= 0.6 is 0 Å². The molecule has 3 unspecified atom stereocenters. The van der Waals surface area contributed by atoms with Crippen molar-refractivity contribution in [1.82, 2.24) is 0 Å². The number of hydrogen-bond acceptors (Lipinski definition) is 2. The number of fused-ring (bicyclic) bond motifs is 2. The molecule has 1 heterocycles. The van der Waals surface area contributed by atoms with Gasteiger partial charge < -0.3 is 9.47 Å². The fraction of sp³-hybridized carbons (Fsp3) is 0.571. The number of rotatable bonds is 3. The standard InChI is InChI=1S/C14H18O2/c1-2-4-11(5-3-1)9-15-13-7-6-12-8-14(13)16-10-12/h1-5,12-14H,6-10H2. The second kappa shape index (κ2) is 4.56. The third-order valence-corrected chi connectivity index (χ3v) is 3.69. The third-order valence-electron chi connectivity index (χ3n) is 3.69. The van der Waals surface area contributed by atoms with Gasteiger partial charge in [-0.2, -0.15) is 0 Å². The van der Waals surface area contributed by atoms with Crippen LogP contribution in [-0.2, 0) is 16.1 Å². The molecule has 0 aromatic heterocycles. The van der Waals surface area contributed by atoms with Crippen LogP contribution in [0.3, 0.4) is 0 Å². The van der Waals surface area contributed by atoms with Crippen molar-refractivity contribution in [2.24, 2.45) is 5.92 Å². The highest BCUT2D eigenvalue weighted by Crippen LogP contribution is 2.35. The Morgan fingerprint density at radius 1 is 1.19 bits per heavy atom. The molecule has 1 aromatic carbocycles. The fourth-order valence-corrected chi connectivity index (χ4v) is 2.74. The zero-order valence-electron chi connectivity index (χ0n) is 9.47. The van der Waals surface area contributed by atoms with E-state index in [0.29, 0.717) is 12.2 Å². The van der Waals surface area contributed by atoms with E-state index in [1.165, 1.54) is 24.8 Å². The van der Waals surface area contributed by atoms with Gasteiger partial charge in [-0.15, -0.1) is 0 Å². The van der Waals surface area contributed by atoms with Crippen molar-refractivity contribution < 1.29 is 9.47 Å². The summed E-state index contributed by atoms with van der Waals surface area (Å²) in [6.45, 7) is 1.67. The highest BCUT2D eigenvalue weighted by Gasteiger charge is 2.37. The molecule has 2 aliphatic rings. The van der Waals surface area contributed by atoms with Crippen molar-refractivity contribution in [3.63, 3.8) is 0 Å². The van der Waals surface area contributed by atoms with Crippen LogP contribution < -0.4 is 0 Å². The van der Waals surface area contributed by atoms with E-state index >= 15 is 0 Å². The van der Waals surface area contributed by atoms with Crippen molar-refractivity contribution in [3.05, 3.63) is 35.9 Å². The first kappa shape index (κ1) is 10.3. The van der Waals surface area contributed by atoms with Gasteiger partial charge in [0, 0.05) is 6.61 Å². The molecule has 16 heavy (non-hydrogen) atoms. The van der Waals surface area contributed by atoms with Crippen LogP contribution in [0.25, 0.3) is 0 Å². The van der Waals surface area contributed by atoms with E-state index in [9.17, 15) is 0 Å². The van der Waals surface area contributed by atoms with Crippen LogP contribution in [0.4, 0.5) is 0 Å². The Kier molecular flexibility index (Phi) is 2.94. The minimum Gasteiger partial charge on any atom is -0.375 e. The predicted octanol–water partition coefficient (Wildman–Crippen LogP) is 2.77. The van der Waals surface area contributed by atoms with Crippen molar-refractivity contribution in [2.75, 3.05) is 6.61 Å². The van der Waals surface area contributed by atoms with E-state index < -0.39 is 0 Å². The molecule has 3 atom stereocenters. The lowest BCUT2D eigenvalue weighted by molar-refractivity contribution is -0.0592. The largest absolute Gasteiger partial charge is 0.375 e. The molecule has 2 fully saturated rings. The Balaban J connectivity index is 1.55. The summed E-state index contributed by atoms with van der Waals surface area (Å²) in [7, 11) is 0. The van der Waals surface area contributed by atoms with Gasteiger partial charge in [0.05, 0.1) is 18.8 Å². The zero-order chi connectivity index (χ0) is 10.8. The molecule has 2 nitrogen and oxygen atoms in total. The van der Waals surface area contributed by atoms with Crippen LogP contribution in [-0.4, -0.2) is 18.8 Å². The van der Waals surface area contributed by atoms with Gasteiger partial charge in [-0.05, 0) is 30.7 Å². The molecule has 1 saturated carbocycles. The predicted molar refractivity (Wildman–Crippen MR) is 62.1 cm³/mol. The van der Waals surface area contributed by atoms with Gasteiger partial charge >= 0.3 is 0 Å². The van der Waals surface area contributed by atoms with E-state index in [1.54, 1.807) is 0 Å². The lowest BCUT2D eigenvalue weighted by Crippen LogP contribution is -2.31. The molecule has 2 heteroatoms. The molecule has 1 saturated heterocycles. The Morgan fingerprint density at radius 3 is 2.94 bits per heavy atom. The van der Waals surface area contributed by atoms with Gasteiger partial charge in [0.1, 0.15) is 0 Å². The van der Waals surface area contributed by atoms with E-state index in [1.807, 2.05) is 6.07 Å². The highest BCUT2D eigenvalue weighted by atomic mass is 16.5. The third kappa shape index (κ3) is 2.13. The zero-order valence-corrected chi connectivity index (χ0v) is 9.47. The Hall–Kier alpha value is -0.860. The fourth-order valence-electron chi connectivity index (χ4n) is 2.74. The highest BCUT2D eigenvalue weighted by molar-refractivity contribution is 5.13. The second-order valence-corrected chi connectivity index (χ2v) is 4.89. The average molecular weight is 218 g/mol. The molecule has 1 aliphatic carbocycles. The maximum absolute atomic E-state index is 5.97. The van der Waals surface area contributed by atoms with Crippen molar-refractivity contribution in [2.45, 2.75) is 38.1 Å². The molecular formula is C14H18O2. The van der Waals surface area contributed by atoms with Crippen LogP contribution in [0.15, 0.2) is 30.3 Å². The lowest BCUT2D eigenvalue weighted by atomic mass is 9.88. The summed E-state index contributed by atoms with van der Waals surface area (Å²) in [5.41, 5.74) is 1.25. The summed E-state index contributed by atoms with van der Waals surface area (Å²) in [5.74, 6) is 0.807. The number of hydrogen-bond donors (Lipinski definition) is 0. The van der Waals surface area contributed by atoms with Crippen LogP contribution in [0.5, 0.6) is 0 Å². The van der Waals surface area contributed by atoms with E-state index in [2.05, 4.69) is 24.3 Å². The van der Waals surface area contributed by atoms with Crippen LogP contribution in [0.2, 0.25) is 0 Å². The maximum atomic E-state index is 5.97. The normalized spacial score (nSPS) is 32.9. The minimum absolute atomic E-state index is 0.318. The van der Waals surface area contributed by atoms with Crippen LogP contribution in [0, 0.1) is 5.92 Å².